The highest BCUT2D eigenvalue weighted by Gasteiger charge is 2.16. The van der Waals surface area contributed by atoms with Gasteiger partial charge < -0.3 is 4.74 Å². The summed E-state index contributed by atoms with van der Waals surface area (Å²) in [6, 6.07) is 2.02. The van der Waals surface area contributed by atoms with Crippen molar-refractivity contribution < 1.29 is 4.74 Å². The lowest BCUT2D eigenvalue weighted by molar-refractivity contribution is 0.147. The quantitative estimate of drug-likeness (QED) is 0.776. The Labute approximate surface area is 105 Å². The third kappa shape index (κ3) is 2.83. The number of nitrogens with zero attached hydrogens (tertiary/aromatic N) is 1. The van der Waals surface area contributed by atoms with Crippen LogP contribution in [0.25, 0.3) is 0 Å². The molecule has 2 nitrogen and oxygen atoms in total. The van der Waals surface area contributed by atoms with E-state index in [4.69, 9.17) is 4.74 Å². The van der Waals surface area contributed by atoms with E-state index in [9.17, 15) is 0 Å². The summed E-state index contributed by atoms with van der Waals surface area (Å²) in [4.78, 5) is 4.31. The molecule has 1 saturated carbocycles. The van der Waals surface area contributed by atoms with Gasteiger partial charge in [-0.3, -0.25) is 0 Å². The number of pyridine rings is 1. The Hall–Kier alpha value is -0.320. The van der Waals surface area contributed by atoms with Gasteiger partial charge in [0.15, 0.2) is 0 Å². The van der Waals surface area contributed by atoms with Gasteiger partial charge in [0, 0.05) is 15.3 Å². The number of hydrogen-bond acceptors (Lipinski definition) is 2. The third-order valence-corrected chi connectivity index (χ3v) is 4.09. The number of aromatic nitrogens is 1. The standard InChI is InChI=1S/C12H16INO/c1-9-11(13)7-8-14-12(9)15-10-5-3-2-4-6-10/h7-8,10H,2-6H2,1H3. The summed E-state index contributed by atoms with van der Waals surface area (Å²) in [7, 11) is 0. The zero-order chi connectivity index (χ0) is 10.7. The van der Waals surface area contributed by atoms with Crippen LogP contribution < -0.4 is 4.74 Å². The van der Waals surface area contributed by atoms with Crippen molar-refractivity contribution in [2.45, 2.75) is 45.1 Å². The van der Waals surface area contributed by atoms with Crippen molar-refractivity contribution in [2.75, 3.05) is 0 Å². The monoisotopic (exact) mass is 317 g/mol. The van der Waals surface area contributed by atoms with Crippen molar-refractivity contribution in [2.24, 2.45) is 0 Å². The minimum Gasteiger partial charge on any atom is -0.474 e. The fourth-order valence-electron chi connectivity index (χ4n) is 1.95. The molecule has 0 N–H and O–H groups in total. The van der Waals surface area contributed by atoms with Crippen molar-refractivity contribution in [1.29, 1.82) is 0 Å². The van der Waals surface area contributed by atoms with Gasteiger partial charge in [-0.25, -0.2) is 4.98 Å². The molecule has 0 atom stereocenters. The zero-order valence-corrected chi connectivity index (χ0v) is 11.2. The molecule has 1 aromatic heterocycles. The molecule has 82 valence electrons. The van der Waals surface area contributed by atoms with E-state index in [0.717, 1.165) is 5.88 Å². The van der Waals surface area contributed by atoms with E-state index < -0.39 is 0 Å². The van der Waals surface area contributed by atoms with Gasteiger partial charge in [0.05, 0.1) is 0 Å². The van der Waals surface area contributed by atoms with Crippen LogP contribution in [0.15, 0.2) is 12.3 Å². The molecule has 0 amide bonds. The molecule has 0 bridgehead atoms. The molecule has 15 heavy (non-hydrogen) atoms. The second-order valence-electron chi connectivity index (χ2n) is 4.10. The molecule has 0 aromatic carbocycles. The summed E-state index contributed by atoms with van der Waals surface area (Å²) in [6.45, 7) is 2.08. The summed E-state index contributed by atoms with van der Waals surface area (Å²) in [6.07, 6.45) is 8.55. The lowest BCUT2D eigenvalue weighted by atomic mass is 9.98. The Balaban J connectivity index is 2.06. The van der Waals surface area contributed by atoms with Crippen LogP contribution in [0.2, 0.25) is 0 Å². The van der Waals surface area contributed by atoms with Gasteiger partial charge in [-0.15, -0.1) is 0 Å². The van der Waals surface area contributed by atoms with Crippen LogP contribution >= 0.6 is 22.6 Å². The molecular weight excluding hydrogens is 301 g/mol. The SMILES string of the molecule is Cc1c(I)ccnc1OC1CCCCC1. The Morgan fingerprint density at radius 2 is 2.07 bits per heavy atom. The molecule has 0 aliphatic heterocycles. The molecule has 1 aromatic rings. The zero-order valence-electron chi connectivity index (χ0n) is 9.00. The van der Waals surface area contributed by atoms with Crippen molar-refractivity contribution in [3.05, 3.63) is 21.4 Å². The summed E-state index contributed by atoms with van der Waals surface area (Å²) >= 11 is 2.32. The van der Waals surface area contributed by atoms with Crippen LogP contribution in [0.3, 0.4) is 0 Å². The highest BCUT2D eigenvalue weighted by molar-refractivity contribution is 14.1. The Morgan fingerprint density at radius 1 is 1.33 bits per heavy atom. The number of ether oxygens (including phenoxy) is 1. The molecule has 3 heteroatoms. The third-order valence-electron chi connectivity index (χ3n) is 2.92. The van der Waals surface area contributed by atoms with Crippen LogP contribution in [-0.4, -0.2) is 11.1 Å². The highest BCUT2D eigenvalue weighted by Crippen LogP contribution is 2.25. The molecule has 0 radical (unpaired) electrons. The predicted molar refractivity (Wildman–Crippen MR) is 69.2 cm³/mol. The van der Waals surface area contributed by atoms with E-state index in [1.54, 1.807) is 0 Å². The first kappa shape index (κ1) is 11.2. The molecule has 0 unspecified atom stereocenters. The van der Waals surface area contributed by atoms with Gasteiger partial charge in [0.1, 0.15) is 6.10 Å². The molecule has 0 saturated heterocycles. The van der Waals surface area contributed by atoms with Crippen LogP contribution in [0.1, 0.15) is 37.7 Å². The van der Waals surface area contributed by atoms with Crippen molar-refractivity contribution >= 4 is 22.6 Å². The largest absolute Gasteiger partial charge is 0.474 e. The average Bonchev–Trinajstić information content (AvgIpc) is 2.26. The molecule has 0 spiro atoms. The maximum atomic E-state index is 5.95. The molecule has 1 aliphatic rings. The Bertz CT molecular complexity index is 334. The molecular formula is C12H16INO. The minimum atomic E-state index is 0.392. The van der Waals surface area contributed by atoms with E-state index in [0.29, 0.717) is 6.10 Å². The normalized spacial score (nSPS) is 17.7. The molecule has 1 heterocycles. The van der Waals surface area contributed by atoms with Crippen molar-refractivity contribution in [3.8, 4) is 5.88 Å². The number of halogens is 1. The first-order chi connectivity index (χ1) is 7.27. The van der Waals surface area contributed by atoms with Gasteiger partial charge >= 0.3 is 0 Å². The van der Waals surface area contributed by atoms with Gasteiger partial charge in [-0.2, -0.15) is 0 Å². The lowest BCUT2D eigenvalue weighted by Gasteiger charge is -2.23. The van der Waals surface area contributed by atoms with E-state index in [-0.39, 0.29) is 0 Å². The summed E-state index contributed by atoms with van der Waals surface area (Å²) in [5.41, 5.74) is 1.17. The molecule has 2 rings (SSSR count). The van der Waals surface area contributed by atoms with E-state index in [1.807, 2.05) is 12.3 Å². The highest BCUT2D eigenvalue weighted by atomic mass is 127. The van der Waals surface area contributed by atoms with Crippen LogP contribution in [0.4, 0.5) is 0 Å². The second kappa shape index (κ2) is 5.14. The summed E-state index contributed by atoms with van der Waals surface area (Å²) in [5, 5.41) is 0. The van der Waals surface area contributed by atoms with Gasteiger partial charge in [-0.05, 0) is 61.3 Å². The van der Waals surface area contributed by atoms with Gasteiger partial charge in [-0.1, -0.05) is 6.42 Å². The van der Waals surface area contributed by atoms with Gasteiger partial charge in [0.2, 0.25) is 5.88 Å². The minimum absolute atomic E-state index is 0.392. The fourth-order valence-corrected chi connectivity index (χ4v) is 2.35. The summed E-state index contributed by atoms with van der Waals surface area (Å²) in [5.74, 6) is 0.828. The maximum Gasteiger partial charge on any atom is 0.217 e. The summed E-state index contributed by atoms with van der Waals surface area (Å²) < 4.78 is 7.18. The predicted octanol–water partition coefficient (Wildman–Crippen LogP) is 3.71. The second-order valence-corrected chi connectivity index (χ2v) is 5.26. The van der Waals surface area contributed by atoms with Crippen LogP contribution in [0.5, 0.6) is 5.88 Å². The molecule has 1 aliphatic carbocycles. The van der Waals surface area contributed by atoms with E-state index >= 15 is 0 Å². The number of hydrogen-bond donors (Lipinski definition) is 0. The first-order valence-corrected chi connectivity index (χ1v) is 6.63. The first-order valence-electron chi connectivity index (χ1n) is 5.55. The van der Waals surface area contributed by atoms with Crippen LogP contribution in [0, 0.1) is 10.5 Å². The molecule has 1 fully saturated rings. The van der Waals surface area contributed by atoms with Crippen LogP contribution in [-0.2, 0) is 0 Å². The van der Waals surface area contributed by atoms with E-state index in [2.05, 4.69) is 34.5 Å². The fraction of sp³-hybridized carbons (Fsp3) is 0.583. The van der Waals surface area contributed by atoms with Crippen molar-refractivity contribution in [1.82, 2.24) is 4.98 Å². The Morgan fingerprint density at radius 3 is 2.80 bits per heavy atom. The van der Waals surface area contributed by atoms with Gasteiger partial charge in [0.25, 0.3) is 0 Å². The number of rotatable bonds is 2. The Kier molecular flexibility index (Phi) is 3.83. The topological polar surface area (TPSA) is 22.1 Å². The lowest BCUT2D eigenvalue weighted by Crippen LogP contribution is -2.20. The average molecular weight is 317 g/mol. The maximum absolute atomic E-state index is 5.95. The van der Waals surface area contributed by atoms with E-state index in [1.165, 1.54) is 41.2 Å². The smallest absolute Gasteiger partial charge is 0.217 e. The van der Waals surface area contributed by atoms with Crippen molar-refractivity contribution in [3.63, 3.8) is 0 Å².